The second kappa shape index (κ2) is 10.4. The second-order valence-corrected chi connectivity index (χ2v) is 6.01. The van der Waals surface area contributed by atoms with Gasteiger partial charge < -0.3 is 24.8 Å². The number of ether oxygens (including phenoxy) is 3. The number of urea groups is 1. The van der Waals surface area contributed by atoms with E-state index in [-0.39, 0.29) is 16.4 Å². The van der Waals surface area contributed by atoms with E-state index < -0.39 is 11.0 Å². The molecule has 2 amide bonds. The van der Waals surface area contributed by atoms with Crippen LogP contribution in [-0.4, -0.2) is 30.8 Å². The summed E-state index contributed by atoms with van der Waals surface area (Å²) in [6.45, 7) is 6.70. The maximum atomic E-state index is 12.4. The quantitative estimate of drug-likeness (QED) is 0.429. The van der Waals surface area contributed by atoms with Crippen LogP contribution in [-0.2, 0) is 0 Å². The van der Waals surface area contributed by atoms with Crippen LogP contribution >= 0.6 is 11.6 Å². The number of nitrogens with one attached hydrogen (secondary N) is 2. The third-order valence-electron chi connectivity index (χ3n) is 3.58. The van der Waals surface area contributed by atoms with E-state index in [2.05, 4.69) is 10.6 Å². The molecule has 2 rings (SSSR count). The number of carbonyl (C=O) groups is 1. The number of hydrogen-bond donors (Lipinski definition) is 2. The molecule has 0 radical (unpaired) electrons. The number of nitro benzene ring substituents is 1. The van der Waals surface area contributed by atoms with Crippen molar-refractivity contribution in [3.63, 3.8) is 0 Å². The van der Waals surface area contributed by atoms with Crippen LogP contribution in [0.25, 0.3) is 0 Å². The number of anilines is 2. The standard InChI is InChI=1S/C19H22ClN3O6/c1-4-27-16-9-12(10-17(28-5-2)18(16)29-6-3)21-19(24)22-15-11-13(23(25)26)7-8-14(15)20/h7-11H,4-6H2,1-3H3,(H2,21,22,24). The van der Waals surface area contributed by atoms with Gasteiger partial charge in [-0.15, -0.1) is 0 Å². The lowest BCUT2D eigenvalue weighted by Gasteiger charge is -2.17. The molecule has 2 aromatic rings. The molecule has 0 aromatic heterocycles. The normalized spacial score (nSPS) is 10.2. The highest BCUT2D eigenvalue weighted by atomic mass is 35.5. The van der Waals surface area contributed by atoms with Crippen LogP contribution in [0.2, 0.25) is 5.02 Å². The Balaban J connectivity index is 2.27. The van der Waals surface area contributed by atoms with Crippen molar-refractivity contribution in [2.24, 2.45) is 0 Å². The highest BCUT2D eigenvalue weighted by Gasteiger charge is 2.17. The first-order valence-corrected chi connectivity index (χ1v) is 9.35. The lowest BCUT2D eigenvalue weighted by atomic mass is 10.2. The number of nitro groups is 1. The lowest BCUT2D eigenvalue weighted by Crippen LogP contribution is -2.20. The van der Waals surface area contributed by atoms with Gasteiger partial charge in [0.1, 0.15) is 0 Å². The molecule has 0 bridgehead atoms. The number of nitrogens with zero attached hydrogens (tertiary/aromatic N) is 1. The Morgan fingerprint density at radius 3 is 2.10 bits per heavy atom. The van der Waals surface area contributed by atoms with Crippen molar-refractivity contribution in [1.82, 2.24) is 0 Å². The third kappa shape index (κ3) is 5.89. The summed E-state index contributed by atoms with van der Waals surface area (Å²) < 4.78 is 16.8. The van der Waals surface area contributed by atoms with Gasteiger partial charge in [0.25, 0.3) is 5.69 Å². The van der Waals surface area contributed by atoms with Crippen molar-refractivity contribution in [3.05, 3.63) is 45.5 Å². The van der Waals surface area contributed by atoms with E-state index in [1.807, 2.05) is 20.8 Å². The molecule has 0 aliphatic carbocycles. The molecule has 0 spiro atoms. The zero-order valence-electron chi connectivity index (χ0n) is 16.3. The first-order valence-electron chi connectivity index (χ1n) is 8.97. The number of halogens is 1. The van der Waals surface area contributed by atoms with Crippen molar-refractivity contribution in [2.75, 3.05) is 30.5 Å². The molecule has 0 fully saturated rings. The zero-order valence-corrected chi connectivity index (χ0v) is 17.0. The Hall–Kier alpha value is -3.20. The molecule has 0 saturated carbocycles. The summed E-state index contributed by atoms with van der Waals surface area (Å²) >= 11 is 6.01. The van der Waals surface area contributed by atoms with Gasteiger partial charge in [0.15, 0.2) is 11.5 Å². The number of carbonyl (C=O) groups excluding carboxylic acids is 1. The fourth-order valence-electron chi connectivity index (χ4n) is 2.47. The average Bonchev–Trinajstić information content (AvgIpc) is 2.66. The molecule has 9 nitrogen and oxygen atoms in total. The van der Waals surface area contributed by atoms with Crippen LogP contribution < -0.4 is 24.8 Å². The minimum atomic E-state index is -0.638. The molecule has 2 aromatic carbocycles. The second-order valence-electron chi connectivity index (χ2n) is 5.60. The van der Waals surface area contributed by atoms with Crippen molar-refractivity contribution < 1.29 is 23.9 Å². The Bertz CT molecular complexity index is 863. The van der Waals surface area contributed by atoms with E-state index in [9.17, 15) is 14.9 Å². The number of non-ortho nitro benzene ring substituents is 1. The summed E-state index contributed by atoms with van der Waals surface area (Å²) in [5, 5.41) is 16.2. The van der Waals surface area contributed by atoms with Crippen LogP contribution in [0.1, 0.15) is 20.8 Å². The van der Waals surface area contributed by atoms with Crippen LogP contribution in [0.15, 0.2) is 30.3 Å². The fraction of sp³-hybridized carbons (Fsp3) is 0.316. The topological polar surface area (TPSA) is 112 Å². The maximum absolute atomic E-state index is 12.4. The first kappa shape index (κ1) is 22.1. The lowest BCUT2D eigenvalue weighted by molar-refractivity contribution is -0.384. The molecular formula is C19H22ClN3O6. The maximum Gasteiger partial charge on any atom is 0.323 e. The molecule has 0 aliphatic rings. The summed E-state index contributed by atoms with van der Waals surface area (Å²) in [5.41, 5.74) is 0.307. The van der Waals surface area contributed by atoms with Crippen molar-refractivity contribution in [1.29, 1.82) is 0 Å². The Labute approximate surface area is 173 Å². The van der Waals surface area contributed by atoms with E-state index in [0.717, 1.165) is 0 Å². The summed E-state index contributed by atoms with van der Waals surface area (Å²) in [4.78, 5) is 22.7. The van der Waals surface area contributed by atoms with Gasteiger partial charge in [-0.1, -0.05) is 11.6 Å². The van der Waals surface area contributed by atoms with Crippen molar-refractivity contribution >= 4 is 34.7 Å². The summed E-state index contributed by atoms with van der Waals surface area (Å²) in [6.07, 6.45) is 0. The van der Waals surface area contributed by atoms with Gasteiger partial charge in [0, 0.05) is 24.3 Å². The Morgan fingerprint density at radius 1 is 1.00 bits per heavy atom. The number of benzene rings is 2. The highest BCUT2D eigenvalue weighted by Crippen LogP contribution is 2.41. The fourth-order valence-corrected chi connectivity index (χ4v) is 2.63. The van der Waals surface area contributed by atoms with E-state index in [1.165, 1.54) is 18.2 Å². The van der Waals surface area contributed by atoms with Crippen LogP contribution in [0.5, 0.6) is 17.2 Å². The third-order valence-corrected chi connectivity index (χ3v) is 3.91. The minimum absolute atomic E-state index is 0.111. The van der Waals surface area contributed by atoms with Crippen molar-refractivity contribution in [3.8, 4) is 17.2 Å². The monoisotopic (exact) mass is 423 g/mol. The number of rotatable bonds is 9. The molecule has 156 valence electrons. The molecule has 10 heteroatoms. The van der Waals surface area contributed by atoms with Crippen LogP contribution in [0.3, 0.4) is 0 Å². The SMILES string of the molecule is CCOc1cc(NC(=O)Nc2cc([N+](=O)[O-])ccc2Cl)cc(OCC)c1OCC. The van der Waals surface area contributed by atoms with Gasteiger partial charge >= 0.3 is 6.03 Å². The van der Waals surface area contributed by atoms with Crippen molar-refractivity contribution in [2.45, 2.75) is 20.8 Å². The average molecular weight is 424 g/mol. The van der Waals surface area contributed by atoms with Gasteiger partial charge in [-0.2, -0.15) is 0 Å². The predicted molar refractivity (Wildman–Crippen MR) is 111 cm³/mol. The molecular weight excluding hydrogens is 402 g/mol. The molecule has 2 N–H and O–H groups in total. The highest BCUT2D eigenvalue weighted by molar-refractivity contribution is 6.33. The van der Waals surface area contributed by atoms with E-state index in [4.69, 9.17) is 25.8 Å². The number of hydrogen-bond acceptors (Lipinski definition) is 6. The first-order chi connectivity index (χ1) is 13.9. The zero-order chi connectivity index (χ0) is 21.4. The van der Waals surface area contributed by atoms with E-state index >= 15 is 0 Å². The summed E-state index contributed by atoms with van der Waals surface area (Å²) in [7, 11) is 0. The molecule has 0 saturated heterocycles. The number of amides is 2. The molecule has 0 atom stereocenters. The van der Waals surface area contributed by atoms with Gasteiger partial charge in [0.2, 0.25) is 5.75 Å². The van der Waals surface area contributed by atoms with Gasteiger partial charge in [-0.05, 0) is 26.8 Å². The van der Waals surface area contributed by atoms with E-state index in [1.54, 1.807) is 12.1 Å². The van der Waals surface area contributed by atoms with E-state index in [0.29, 0.717) is 42.8 Å². The van der Waals surface area contributed by atoms with Gasteiger partial charge in [-0.3, -0.25) is 10.1 Å². The Kier molecular flexibility index (Phi) is 7.90. The smallest absolute Gasteiger partial charge is 0.323 e. The Morgan fingerprint density at radius 2 is 1.59 bits per heavy atom. The summed E-state index contributed by atoms with van der Waals surface area (Å²) in [6, 6.07) is 6.34. The summed E-state index contributed by atoms with van der Waals surface area (Å²) in [5.74, 6) is 1.29. The molecule has 29 heavy (non-hydrogen) atoms. The van der Waals surface area contributed by atoms with Crippen LogP contribution in [0, 0.1) is 10.1 Å². The van der Waals surface area contributed by atoms with Gasteiger partial charge in [-0.25, -0.2) is 4.79 Å². The molecule has 0 heterocycles. The largest absolute Gasteiger partial charge is 0.490 e. The predicted octanol–water partition coefficient (Wildman–Crippen LogP) is 5.09. The van der Waals surface area contributed by atoms with Crippen LogP contribution in [0.4, 0.5) is 21.9 Å². The molecule has 0 aliphatic heterocycles. The van der Waals surface area contributed by atoms with Gasteiger partial charge in [0.05, 0.1) is 41.1 Å². The molecule has 0 unspecified atom stereocenters. The minimum Gasteiger partial charge on any atom is -0.490 e.